The first-order valence-electron chi connectivity index (χ1n) is 8.67. The number of hydrogen-bond acceptors (Lipinski definition) is 4. The lowest BCUT2D eigenvalue weighted by atomic mass is 10.1. The molecule has 3 N–H and O–H groups in total. The number of nitrogens with zero attached hydrogens (tertiary/aromatic N) is 2. The van der Waals surface area contributed by atoms with Crippen molar-refractivity contribution in [1.82, 2.24) is 9.78 Å². The quantitative estimate of drug-likeness (QED) is 0.633. The number of alkyl halides is 3. The molecular formula is C20H14ClF3N4O3. The van der Waals surface area contributed by atoms with E-state index in [9.17, 15) is 27.6 Å². The lowest BCUT2D eigenvalue weighted by molar-refractivity contribution is -0.137. The van der Waals surface area contributed by atoms with E-state index >= 15 is 0 Å². The molecule has 160 valence electrons. The number of nitrogens with one attached hydrogen (secondary N) is 1. The lowest BCUT2D eigenvalue weighted by Crippen LogP contribution is -2.27. The maximum Gasteiger partial charge on any atom is 0.418 e. The zero-order chi connectivity index (χ0) is 22.9. The molecular weight excluding hydrogens is 437 g/mol. The predicted molar refractivity (Wildman–Crippen MR) is 107 cm³/mol. The van der Waals surface area contributed by atoms with E-state index in [2.05, 4.69) is 10.4 Å². The van der Waals surface area contributed by atoms with Gasteiger partial charge in [0.2, 0.25) is 11.3 Å². The lowest BCUT2D eigenvalue weighted by Gasteiger charge is -2.16. The van der Waals surface area contributed by atoms with Gasteiger partial charge in [0.25, 0.3) is 5.91 Å². The Labute approximate surface area is 178 Å². The van der Waals surface area contributed by atoms with Gasteiger partial charge in [0.15, 0.2) is 5.69 Å². The number of carbonyl (C=O) groups excluding carboxylic acids is 2. The van der Waals surface area contributed by atoms with Crippen LogP contribution in [0.1, 0.15) is 32.1 Å². The van der Waals surface area contributed by atoms with Gasteiger partial charge in [-0.2, -0.15) is 18.3 Å². The second-order valence-electron chi connectivity index (χ2n) is 6.44. The Balaban J connectivity index is 2.05. The molecule has 0 unspecified atom stereocenters. The molecule has 0 saturated carbocycles. The molecule has 0 fully saturated rings. The van der Waals surface area contributed by atoms with Gasteiger partial charge in [0, 0.05) is 17.4 Å². The normalized spacial score (nSPS) is 11.3. The molecule has 0 spiro atoms. The molecule has 3 aromatic rings. The van der Waals surface area contributed by atoms with Gasteiger partial charge >= 0.3 is 6.18 Å². The van der Waals surface area contributed by atoms with E-state index in [1.54, 1.807) is 0 Å². The highest BCUT2D eigenvalue weighted by molar-refractivity contribution is 6.34. The highest BCUT2D eigenvalue weighted by Crippen LogP contribution is 2.33. The molecule has 0 atom stereocenters. The SMILES string of the molecule is Cc1cc(=O)c(C(=O)Nc2ccc(Cl)c(C(N)=O)c2)nn1-c1ccccc1C(F)(F)F. The molecule has 0 aliphatic heterocycles. The van der Waals surface area contributed by atoms with Crippen LogP contribution in [0.3, 0.4) is 0 Å². The zero-order valence-electron chi connectivity index (χ0n) is 15.8. The average molecular weight is 451 g/mol. The van der Waals surface area contributed by atoms with Crippen molar-refractivity contribution in [2.24, 2.45) is 5.73 Å². The van der Waals surface area contributed by atoms with Gasteiger partial charge in [0.05, 0.1) is 21.8 Å². The number of aryl methyl sites for hydroxylation is 1. The molecule has 0 aliphatic rings. The number of nitrogens with two attached hydrogens (primary N) is 1. The summed E-state index contributed by atoms with van der Waals surface area (Å²) in [5, 5.41) is 6.28. The van der Waals surface area contributed by atoms with E-state index in [0.29, 0.717) is 0 Å². The van der Waals surface area contributed by atoms with Crippen LogP contribution in [0.25, 0.3) is 5.69 Å². The third-order valence-electron chi connectivity index (χ3n) is 4.25. The van der Waals surface area contributed by atoms with Crippen LogP contribution in [0.15, 0.2) is 53.3 Å². The number of primary amides is 1. The number of anilines is 1. The Morgan fingerprint density at radius 2 is 1.81 bits per heavy atom. The number of amides is 2. The number of carbonyl (C=O) groups is 2. The van der Waals surface area contributed by atoms with Crippen LogP contribution in [-0.2, 0) is 6.18 Å². The maximum absolute atomic E-state index is 13.4. The number of halogens is 4. The minimum absolute atomic E-state index is 0.0603. The predicted octanol–water partition coefficient (Wildman–Crippen LogP) is 3.56. The van der Waals surface area contributed by atoms with Gasteiger partial charge in [0.1, 0.15) is 0 Å². The summed E-state index contributed by atoms with van der Waals surface area (Å²) >= 11 is 5.86. The maximum atomic E-state index is 13.4. The van der Waals surface area contributed by atoms with Gasteiger partial charge in [-0.25, -0.2) is 4.68 Å². The van der Waals surface area contributed by atoms with Crippen LogP contribution in [0.4, 0.5) is 18.9 Å². The first-order valence-corrected chi connectivity index (χ1v) is 9.05. The standard InChI is InChI=1S/C20H14ClF3N4O3/c1-10-8-16(29)17(19(31)26-11-6-7-14(21)12(9-11)18(25)30)27-28(10)15-5-3-2-4-13(15)20(22,23)24/h2-9H,1H3,(H2,25,30)(H,26,31). The minimum Gasteiger partial charge on any atom is -0.366 e. The second-order valence-corrected chi connectivity index (χ2v) is 6.85. The fraction of sp³-hybridized carbons (Fsp3) is 0.100. The molecule has 3 rings (SSSR count). The van der Waals surface area contributed by atoms with Crippen molar-refractivity contribution in [2.45, 2.75) is 13.1 Å². The van der Waals surface area contributed by atoms with E-state index in [1.807, 2.05) is 0 Å². The van der Waals surface area contributed by atoms with Gasteiger partial charge in [-0.15, -0.1) is 0 Å². The molecule has 7 nitrogen and oxygen atoms in total. The van der Waals surface area contributed by atoms with Gasteiger partial charge in [-0.3, -0.25) is 14.4 Å². The fourth-order valence-corrected chi connectivity index (χ4v) is 3.04. The summed E-state index contributed by atoms with van der Waals surface area (Å²) in [4.78, 5) is 36.3. The number of rotatable bonds is 4. The summed E-state index contributed by atoms with van der Waals surface area (Å²) in [6.07, 6.45) is -4.68. The Morgan fingerprint density at radius 1 is 1.13 bits per heavy atom. The molecule has 1 aromatic heterocycles. The molecule has 0 saturated heterocycles. The minimum atomic E-state index is -4.68. The van der Waals surface area contributed by atoms with Crippen LogP contribution >= 0.6 is 11.6 Å². The third kappa shape index (κ3) is 4.58. The Bertz CT molecular complexity index is 1260. The number of benzene rings is 2. The third-order valence-corrected chi connectivity index (χ3v) is 4.58. The summed E-state index contributed by atoms with van der Waals surface area (Å²) in [5.74, 6) is -1.82. The molecule has 1 heterocycles. The van der Waals surface area contributed by atoms with Crippen molar-refractivity contribution in [2.75, 3.05) is 5.32 Å². The summed E-state index contributed by atoms with van der Waals surface area (Å²) in [5.41, 5.74) is 2.57. The van der Waals surface area contributed by atoms with E-state index < -0.39 is 34.7 Å². The van der Waals surface area contributed by atoms with Crippen molar-refractivity contribution < 1.29 is 22.8 Å². The number of hydrogen-bond donors (Lipinski definition) is 2. The highest BCUT2D eigenvalue weighted by Gasteiger charge is 2.34. The first kappa shape index (κ1) is 22.0. The van der Waals surface area contributed by atoms with Gasteiger partial charge in [-0.1, -0.05) is 23.7 Å². The Kier molecular flexibility index (Phi) is 5.85. The topological polar surface area (TPSA) is 107 Å². The van der Waals surface area contributed by atoms with Crippen molar-refractivity contribution >= 4 is 29.1 Å². The fourth-order valence-electron chi connectivity index (χ4n) is 2.83. The van der Waals surface area contributed by atoms with Crippen molar-refractivity contribution in [3.8, 4) is 5.69 Å². The number of aromatic nitrogens is 2. The Hall–Kier alpha value is -3.66. The van der Waals surface area contributed by atoms with Gasteiger partial charge < -0.3 is 11.1 Å². The molecule has 0 aliphatic carbocycles. The monoisotopic (exact) mass is 450 g/mol. The highest BCUT2D eigenvalue weighted by atomic mass is 35.5. The summed E-state index contributed by atoms with van der Waals surface area (Å²) in [6.45, 7) is 1.39. The molecule has 11 heteroatoms. The molecule has 2 amide bonds. The summed E-state index contributed by atoms with van der Waals surface area (Å²) in [6, 6.07) is 9.52. The van der Waals surface area contributed by atoms with Gasteiger partial charge in [-0.05, 0) is 37.3 Å². The first-order chi connectivity index (χ1) is 14.5. The summed E-state index contributed by atoms with van der Waals surface area (Å²) < 4.78 is 41.1. The molecule has 2 aromatic carbocycles. The average Bonchev–Trinajstić information content (AvgIpc) is 2.68. The van der Waals surface area contributed by atoms with E-state index in [0.717, 1.165) is 16.8 Å². The van der Waals surface area contributed by atoms with Crippen LogP contribution in [-0.4, -0.2) is 21.6 Å². The van der Waals surface area contributed by atoms with Crippen molar-refractivity contribution in [3.05, 3.63) is 86.3 Å². The van der Waals surface area contributed by atoms with Crippen LogP contribution in [0.2, 0.25) is 5.02 Å². The Morgan fingerprint density at radius 3 is 2.45 bits per heavy atom. The smallest absolute Gasteiger partial charge is 0.366 e. The van der Waals surface area contributed by atoms with Crippen molar-refractivity contribution in [1.29, 1.82) is 0 Å². The van der Waals surface area contributed by atoms with Crippen molar-refractivity contribution in [3.63, 3.8) is 0 Å². The summed E-state index contributed by atoms with van der Waals surface area (Å²) in [7, 11) is 0. The van der Waals surface area contributed by atoms with Crippen LogP contribution < -0.4 is 16.5 Å². The van der Waals surface area contributed by atoms with E-state index in [-0.39, 0.29) is 27.7 Å². The molecule has 0 bridgehead atoms. The van der Waals surface area contributed by atoms with Crippen LogP contribution in [0, 0.1) is 6.92 Å². The molecule has 0 radical (unpaired) electrons. The van der Waals surface area contributed by atoms with E-state index in [1.165, 1.54) is 43.3 Å². The van der Waals surface area contributed by atoms with E-state index in [4.69, 9.17) is 17.3 Å². The number of para-hydroxylation sites is 1. The largest absolute Gasteiger partial charge is 0.418 e. The molecule has 31 heavy (non-hydrogen) atoms. The zero-order valence-corrected chi connectivity index (χ0v) is 16.6. The second kappa shape index (κ2) is 8.23. The van der Waals surface area contributed by atoms with Crippen LogP contribution in [0.5, 0.6) is 0 Å².